The Balaban J connectivity index is 2.04. The summed E-state index contributed by atoms with van der Waals surface area (Å²) in [5.41, 5.74) is -1.45. The third kappa shape index (κ3) is 2.50. The highest BCUT2D eigenvalue weighted by Crippen LogP contribution is 2.39. The van der Waals surface area contributed by atoms with Crippen molar-refractivity contribution in [3.8, 4) is 6.07 Å². The summed E-state index contributed by atoms with van der Waals surface area (Å²) in [5, 5.41) is 8.87. The number of alkyl halides is 3. The number of hydrogen-bond acceptors (Lipinski definition) is 3. The van der Waals surface area contributed by atoms with Crippen molar-refractivity contribution in [2.75, 3.05) is 11.9 Å². The minimum Gasteiger partial charge on any atom is -0.322 e. The summed E-state index contributed by atoms with van der Waals surface area (Å²) in [7, 11) is 1.55. The molecule has 1 aliphatic heterocycles. The van der Waals surface area contributed by atoms with Crippen LogP contribution >= 0.6 is 0 Å². The van der Waals surface area contributed by atoms with Crippen LogP contribution in [-0.4, -0.2) is 35.8 Å². The van der Waals surface area contributed by atoms with Gasteiger partial charge in [0, 0.05) is 25.6 Å². The van der Waals surface area contributed by atoms with Gasteiger partial charge in [0.15, 0.2) is 0 Å². The molecule has 1 saturated heterocycles. The molecule has 0 bridgehead atoms. The zero-order valence-electron chi connectivity index (χ0n) is 12.8. The average molecular weight is 337 g/mol. The van der Waals surface area contributed by atoms with E-state index in [-0.39, 0.29) is 30.0 Å². The lowest BCUT2D eigenvalue weighted by atomic mass is 9.89. The molecule has 1 aromatic carbocycles. The van der Waals surface area contributed by atoms with Gasteiger partial charge in [-0.2, -0.15) is 18.4 Å². The first-order valence-corrected chi connectivity index (χ1v) is 7.43. The number of urea groups is 1. The zero-order chi connectivity index (χ0) is 17.6. The molecule has 1 saturated carbocycles. The van der Waals surface area contributed by atoms with Crippen LogP contribution in [0.5, 0.6) is 0 Å². The van der Waals surface area contributed by atoms with Gasteiger partial charge in [-0.3, -0.25) is 9.69 Å². The van der Waals surface area contributed by atoms with E-state index in [0.29, 0.717) is 12.8 Å². The molecular formula is C16H14F3N3O2. The van der Waals surface area contributed by atoms with Gasteiger partial charge >= 0.3 is 12.2 Å². The first-order valence-electron chi connectivity index (χ1n) is 7.43. The fraction of sp³-hybridized carbons (Fsp3) is 0.438. The summed E-state index contributed by atoms with van der Waals surface area (Å²) >= 11 is 0. The molecule has 1 aromatic rings. The predicted molar refractivity (Wildman–Crippen MR) is 78.2 cm³/mol. The summed E-state index contributed by atoms with van der Waals surface area (Å²) < 4.78 is 39.5. The van der Waals surface area contributed by atoms with Crippen LogP contribution in [0.1, 0.15) is 30.4 Å². The first-order chi connectivity index (χ1) is 11.2. The summed E-state index contributed by atoms with van der Waals surface area (Å²) in [6, 6.07) is 3.68. The van der Waals surface area contributed by atoms with Crippen LogP contribution in [0.3, 0.4) is 0 Å². The number of amides is 2. The molecule has 1 aliphatic carbocycles. The molecule has 0 unspecified atom stereocenters. The van der Waals surface area contributed by atoms with Crippen LogP contribution in [0.4, 0.5) is 23.7 Å². The Morgan fingerprint density at radius 3 is 2.58 bits per heavy atom. The number of anilines is 1. The number of likely N-dealkylation sites (N-methyl/N-ethyl adjacent to an activating group) is 1. The van der Waals surface area contributed by atoms with E-state index in [0.717, 1.165) is 12.1 Å². The Morgan fingerprint density at radius 1 is 1.25 bits per heavy atom. The molecule has 1 heterocycles. The predicted octanol–water partition coefficient (Wildman–Crippen LogP) is 2.94. The van der Waals surface area contributed by atoms with Gasteiger partial charge in [0.1, 0.15) is 5.78 Å². The highest BCUT2D eigenvalue weighted by atomic mass is 19.4. The fourth-order valence-electron chi connectivity index (χ4n) is 3.44. The number of fused-ring (bicyclic) bond motifs is 1. The number of ketones is 1. The lowest BCUT2D eigenvalue weighted by molar-refractivity contribution is -0.137. The number of halogens is 3. The SMILES string of the molecule is CN1C(=O)N(c2ccc(C#N)c(C(F)(F)F)c2)[C@@H]2CCC(=O)C[C@H]21. The second kappa shape index (κ2) is 5.51. The van der Waals surface area contributed by atoms with E-state index in [2.05, 4.69) is 0 Å². The quantitative estimate of drug-likeness (QED) is 0.791. The number of rotatable bonds is 1. The lowest BCUT2D eigenvalue weighted by Gasteiger charge is -2.30. The minimum absolute atomic E-state index is 0.0496. The summed E-state index contributed by atoms with van der Waals surface area (Å²) in [4.78, 5) is 26.8. The molecule has 2 aliphatic rings. The van der Waals surface area contributed by atoms with Crippen LogP contribution in [0.2, 0.25) is 0 Å². The van der Waals surface area contributed by atoms with Crippen molar-refractivity contribution in [2.45, 2.75) is 37.5 Å². The van der Waals surface area contributed by atoms with Gasteiger partial charge < -0.3 is 4.90 Å². The molecule has 0 radical (unpaired) electrons. The van der Waals surface area contributed by atoms with E-state index in [9.17, 15) is 22.8 Å². The number of nitrogens with zero attached hydrogens (tertiary/aromatic N) is 3. The van der Waals surface area contributed by atoms with E-state index in [1.807, 2.05) is 0 Å². The van der Waals surface area contributed by atoms with E-state index >= 15 is 0 Å². The number of carbonyl (C=O) groups excluding carboxylic acids is 2. The Hall–Kier alpha value is -2.56. The maximum absolute atomic E-state index is 13.2. The van der Waals surface area contributed by atoms with E-state index in [1.165, 1.54) is 21.9 Å². The van der Waals surface area contributed by atoms with Crippen molar-refractivity contribution in [1.29, 1.82) is 5.26 Å². The van der Waals surface area contributed by atoms with Crippen molar-refractivity contribution in [1.82, 2.24) is 4.90 Å². The molecule has 8 heteroatoms. The Morgan fingerprint density at radius 2 is 1.96 bits per heavy atom. The normalized spacial score (nSPS) is 24.1. The first kappa shape index (κ1) is 16.3. The van der Waals surface area contributed by atoms with Crippen molar-refractivity contribution in [3.05, 3.63) is 29.3 Å². The van der Waals surface area contributed by atoms with Crippen LogP contribution in [0.25, 0.3) is 0 Å². The van der Waals surface area contributed by atoms with E-state index < -0.39 is 23.3 Å². The highest BCUT2D eigenvalue weighted by molar-refractivity contribution is 5.97. The monoisotopic (exact) mass is 337 g/mol. The van der Waals surface area contributed by atoms with Crippen molar-refractivity contribution < 1.29 is 22.8 Å². The van der Waals surface area contributed by atoms with Gasteiger partial charge in [-0.15, -0.1) is 0 Å². The third-order valence-corrected chi connectivity index (χ3v) is 4.64. The van der Waals surface area contributed by atoms with Gasteiger partial charge in [0.2, 0.25) is 0 Å². The number of benzene rings is 1. The molecule has 126 valence electrons. The largest absolute Gasteiger partial charge is 0.417 e. The molecule has 5 nitrogen and oxygen atoms in total. The lowest BCUT2D eigenvalue weighted by Crippen LogP contribution is -2.42. The average Bonchev–Trinajstić information content (AvgIpc) is 2.77. The molecule has 0 N–H and O–H groups in total. The molecular weight excluding hydrogens is 323 g/mol. The van der Waals surface area contributed by atoms with Gasteiger partial charge in [-0.25, -0.2) is 4.79 Å². The Kier molecular flexibility index (Phi) is 3.74. The molecule has 2 fully saturated rings. The minimum atomic E-state index is -4.68. The number of carbonyl (C=O) groups is 2. The number of hydrogen-bond donors (Lipinski definition) is 0. The third-order valence-electron chi connectivity index (χ3n) is 4.64. The van der Waals surface area contributed by atoms with Gasteiger partial charge in [0.05, 0.1) is 29.3 Å². The van der Waals surface area contributed by atoms with Gasteiger partial charge in [-0.05, 0) is 24.6 Å². The Bertz CT molecular complexity index is 754. The molecule has 2 atom stereocenters. The van der Waals surface area contributed by atoms with Gasteiger partial charge in [0.25, 0.3) is 0 Å². The number of Topliss-reactive ketones (excluding diaryl/α,β-unsaturated/α-hetero) is 1. The smallest absolute Gasteiger partial charge is 0.322 e. The zero-order valence-corrected chi connectivity index (χ0v) is 12.8. The Labute approximate surface area is 136 Å². The second-order valence-electron chi connectivity index (χ2n) is 6.02. The van der Waals surface area contributed by atoms with Crippen molar-refractivity contribution >= 4 is 17.5 Å². The molecule has 24 heavy (non-hydrogen) atoms. The summed E-state index contributed by atoms with van der Waals surface area (Å²) in [5.74, 6) is 0.0496. The topological polar surface area (TPSA) is 64.4 Å². The molecule has 2 amide bonds. The second-order valence-corrected chi connectivity index (χ2v) is 6.02. The maximum atomic E-state index is 13.2. The standard InChI is InChI=1S/C16H14F3N3O2/c1-21-14-7-11(23)4-5-13(14)22(15(21)24)10-3-2-9(8-20)12(6-10)16(17,18)19/h2-3,6,13-14H,4-5,7H2,1H3/t13-,14-/m1/s1. The molecule has 0 spiro atoms. The molecule has 3 rings (SSSR count). The summed E-state index contributed by atoms with van der Waals surface area (Å²) in [6.45, 7) is 0. The van der Waals surface area contributed by atoms with Gasteiger partial charge in [-0.1, -0.05) is 0 Å². The van der Waals surface area contributed by atoms with Crippen LogP contribution in [0, 0.1) is 11.3 Å². The molecule has 0 aromatic heterocycles. The highest BCUT2D eigenvalue weighted by Gasteiger charge is 2.47. The van der Waals surface area contributed by atoms with Crippen LogP contribution < -0.4 is 4.90 Å². The van der Waals surface area contributed by atoms with Crippen LogP contribution in [0.15, 0.2) is 18.2 Å². The van der Waals surface area contributed by atoms with Crippen molar-refractivity contribution in [3.63, 3.8) is 0 Å². The number of nitriles is 1. The van der Waals surface area contributed by atoms with E-state index in [4.69, 9.17) is 5.26 Å². The fourth-order valence-corrected chi connectivity index (χ4v) is 3.44. The van der Waals surface area contributed by atoms with Crippen LogP contribution in [-0.2, 0) is 11.0 Å². The maximum Gasteiger partial charge on any atom is 0.417 e. The summed E-state index contributed by atoms with van der Waals surface area (Å²) in [6.07, 6.45) is -3.74. The van der Waals surface area contributed by atoms with E-state index in [1.54, 1.807) is 7.05 Å². The van der Waals surface area contributed by atoms with Crippen molar-refractivity contribution in [2.24, 2.45) is 0 Å².